The maximum absolute atomic E-state index is 12.0. The smallest absolute Gasteiger partial charge is 0.285 e. The zero-order chi connectivity index (χ0) is 13.8. The average molecular weight is 393 g/mol. The van der Waals surface area contributed by atoms with E-state index < -0.39 is 18.1 Å². The van der Waals surface area contributed by atoms with Crippen LogP contribution in [0.5, 0.6) is 0 Å². The molecule has 1 heterocycles. The molecule has 102 valence electrons. The number of imide groups is 1. The standard InChI is InChI=1S/C12H11Br2NO4/c13-5-6-18-10(7-14)19-15-11(16)8-3-1-2-4-9(8)12(15)17/h1-4,10H,5-7H2. The summed E-state index contributed by atoms with van der Waals surface area (Å²) >= 11 is 6.44. The van der Waals surface area contributed by atoms with Gasteiger partial charge in [-0.25, -0.2) is 4.84 Å². The normalized spacial score (nSPS) is 15.8. The predicted molar refractivity (Wildman–Crippen MR) is 75.4 cm³/mol. The fraction of sp³-hybridized carbons (Fsp3) is 0.333. The number of nitrogens with zero attached hydrogens (tertiary/aromatic N) is 1. The van der Waals surface area contributed by atoms with E-state index in [4.69, 9.17) is 9.57 Å². The highest BCUT2D eigenvalue weighted by Gasteiger charge is 2.38. The van der Waals surface area contributed by atoms with Crippen LogP contribution in [0.4, 0.5) is 0 Å². The van der Waals surface area contributed by atoms with Crippen LogP contribution in [-0.4, -0.2) is 40.4 Å². The van der Waals surface area contributed by atoms with Crippen LogP contribution in [0.1, 0.15) is 20.7 Å². The van der Waals surface area contributed by atoms with Crippen LogP contribution < -0.4 is 0 Å². The molecule has 7 heteroatoms. The summed E-state index contributed by atoms with van der Waals surface area (Å²) in [7, 11) is 0. The van der Waals surface area contributed by atoms with Crippen molar-refractivity contribution in [3.8, 4) is 0 Å². The minimum absolute atomic E-state index is 0.348. The number of hydrogen-bond donors (Lipinski definition) is 0. The largest absolute Gasteiger partial charge is 0.349 e. The van der Waals surface area contributed by atoms with Gasteiger partial charge in [-0.05, 0) is 12.1 Å². The Bertz CT molecular complexity index is 459. The summed E-state index contributed by atoms with van der Waals surface area (Å²) < 4.78 is 5.34. The Hall–Kier alpha value is -0.760. The Kier molecular flexibility index (Phi) is 5.09. The summed E-state index contributed by atoms with van der Waals surface area (Å²) in [6.07, 6.45) is -0.695. The van der Waals surface area contributed by atoms with E-state index >= 15 is 0 Å². The van der Waals surface area contributed by atoms with Gasteiger partial charge in [-0.2, -0.15) is 0 Å². The second-order valence-electron chi connectivity index (χ2n) is 3.70. The Morgan fingerprint density at radius 2 is 1.68 bits per heavy atom. The summed E-state index contributed by atoms with van der Waals surface area (Å²) in [4.78, 5) is 29.4. The molecule has 0 aliphatic carbocycles. The lowest BCUT2D eigenvalue weighted by Gasteiger charge is -2.20. The number of benzene rings is 1. The van der Waals surface area contributed by atoms with Gasteiger partial charge in [-0.3, -0.25) is 9.59 Å². The number of carbonyl (C=O) groups is 2. The molecule has 0 spiro atoms. The molecular weight excluding hydrogens is 382 g/mol. The van der Waals surface area contributed by atoms with Crippen molar-refractivity contribution in [2.75, 3.05) is 17.3 Å². The number of ether oxygens (including phenoxy) is 1. The zero-order valence-electron chi connectivity index (χ0n) is 9.84. The fourth-order valence-corrected chi connectivity index (χ4v) is 2.15. The number of hydroxylamine groups is 2. The minimum atomic E-state index is -0.695. The van der Waals surface area contributed by atoms with Crippen LogP contribution in [-0.2, 0) is 9.57 Å². The van der Waals surface area contributed by atoms with Crippen LogP contribution in [0.25, 0.3) is 0 Å². The van der Waals surface area contributed by atoms with Crippen LogP contribution in [0, 0.1) is 0 Å². The summed E-state index contributed by atoms with van der Waals surface area (Å²) in [5.74, 6) is -0.928. The lowest BCUT2D eigenvalue weighted by molar-refractivity contribution is -0.220. The quantitative estimate of drug-likeness (QED) is 0.423. The maximum atomic E-state index is 12.0. The molecule has 1 atom stereocenters. The van der Waals surface area contributed by atoms with Gasteiger partial charge in [0.25, 0.3) is 11.8 Å². The Morgan fingerprint density at radius 1 is 1.11 bits per heavy atom. The molecule has 0 bridgehead atoms. The third-order valence-corrected chi connectivity index (χ3v) is 3.34. The number of amides is 2. The molecule has 19 heavy (non-hydrogen) atoms. The minimum Gasteiger partial charge on any atom is -0.349 e. The van der Waals surface area contributed by atoms with E-state index in [0.717, 1.165) is 5.06 Å². The van der Waals surface area contributed by atoms with Crippen LogP contribution in [0.2, 0.25) is 0 Å². The highest BCUT2D eigenvalue weighted by atomic mass is 79.9. The number of halogens is 2. The van der Waals surface area contributed by atoms with E-state index in [1.165, 1.54) is 0 Å². The van der Waals surface area contributed by atoms with Gasteiger partial charge in [0.05, 0.1) is 23.1 Å². The molecule has 2 rings (SSSR count). The molecule has 0 saturated carbocycles. The van der Waals surface area contributed by atoms with Gasteiger partial charge in [-0.15, -0.1) is 5.06 Å². The Labute approximate surface area is 127 Å². The second kappa shape index (κ2) is 6.60. The number of fused-ring (bicyclic) bond motifs is 1. The van der Waals surface area contributed by atoms with Gasteiger partial charge < -0.3 is 4.74 Å². The zero-order valence-corrected chi connectivity index (χ0v) is 13.0. The van der Waals surface area contributed by atoms with Gasteiger partial charge >= 0.3 is 0 Å². The molecule has 1 aliphatic heterocycles. The van der Waals surface area contributed by atoms with Crippen molar-refractivity contribution < 1.29 is 19.2 Å². The van der Waals surface area contributed by atoms with E-state index in [0.29, 0.717) is 28.4 Å². The van der Waals surface area contributed by atoms with Crippen molar-refractivity contribution >= 4 is 43.7 Å². The lowest BCUT2D eigenvalue weighted by Crippen LogP contribution is -2.36. The van der Waals surface area contributed by atoms with Gasteiger partial charge in [0, 0.05) is 5.33 Å². The molecule has 1 aromatic carbocycles. The summed E-state index contributed by atoms with van der Waals surface area (Å²) in [6, 6.07) is 6.61. The molecule has 0 fully saturated rings. The first kappa shape index (κ1) is 14.6. The van der Waals surface area contributed by atoms with Gasteiger partial charge in [0.1, 0.15) is 0 Å². The van der Waals surface area contributed by atoms with E-state index in [-0.39, 0.29) is 0 Å². The van der Waals surface area contributed by atoms with Crippen molar-refractivity contribution in [3.63, 3.8) is 0 Å². The molecular formula is C12H11Br2NO4. The van der Waals surface area contributed by atoms with Gasteiger partial charge in [-0.1, -0.05) is 44.0 Å². The number of alkyl halides is 2. The number of carbonyl (C=O) groups excluding carboxylic acids is 2. The van der Waals surface area contributed by atoms with Crippen molar-refractivity contribution in [1.82, 2.24) is 5.06 Å². The maximum Gasteiger partial charge on any atom is 0.285 e. The molecule has 0 aromatic heterocycles. The van der Waals surface area contributed by atoms with E-state index in [1.54, 1.807) is 24.3 Å². The topological polar surface area (TPSA) is 55.8 Å². The first-order valence-corrected chi connectivity index (χ1v) is 7.81. The van der Waals surface area contributed by atoms with Crippen molar-refractivity contribution in [2.24, 2.45) is 0 Å². The Balaban J connectivity index is 2.11. The molecule has 0 saturated heterocycles. The number of hydrogen-bond acceptors (Lipinski definition) is 4. The summed E-state index contributed by atoms with van der Waals surface area (Å²) in [6.45, 7) is 0.416. The second-order valence-corrected chi connectivity index (χ2v) is 5.14. The molecule has 2 amide bonds. The van der Waals surface area contributed by atoms with Crippen LogP contribution in [0.3, 0.4) is 0 Å². The Morgan fingerprint density at radius 3 is 2.16 bits per heavy atom. The fourth-order valence-electron chi connectivity index (χ4n) is 1.66. The van der Waals surface area contributed by atoms with Crippen LogP contribution >= 0.6 is 31.9 Å². The van der Waals surface area contributed by atoms with E-state index in [2.05, 4.69) is 31.9 Å². The highest BCUT2D eigenvalue weighted by Crippen LogP contribution is 2.23. The van der Waals surface area contributed by atoms with Crippen molar-refractivity contribution in [2.45, 2.75) is 6.29 Å². The summed E-state index contributed by atoms with van der Waals surface area (Å²) in [5, 5.41) is 1.75. The lowest BCUT2D eigenvalue weighted by atomic mass is 10.1. The summed E-state index contributed by atoms with van der Waals surface area (Å²) in [5.41, 5.74) is 0.697. The average Bonchev–Trinajstić information content (AvgIpc) is 2.68. The SMILES string of the molecule is O=C1c2ccccc2C(=O)N1OC(CBr)OCCBr. The molecule has 0 N–H and O–H groups in total. The van der Waals surface area contributed by atoms with Gasteiger partial charge in [0.15, 0.2) is 6.29 Å². The first-order valence-electron chi connectivity index (χ1n) is 5.57. The molecule has 1 unspecified atom stereocenters. The predicted octanol–water partition coefficient (Wildman–Crippen LogP) is 2.35. The molecule has 5 nitrogen and oxygen atoms in total. The number of rotatable bonds is 6. The van der Waals surface area contributed by atoms with Crippen molar-refractivity contribution in [3.05, 3.63) is 35.4 Å². The van der Waals surface area contributed by atoms with Crippen molar-refractivity contribution in [1.29, 1.82) is 0 Å². The highest BCUT2D eigenvalue weighted by molar-refractivity contribution is 9.09. The third-order valence-electron chi connectivity index (χ3n) is 2.49. The van der Waals surface area contributed by atoms with Gasteiger partial charge in [0.2, 0.25) is 0 Å². The monoisotopic (exact) mass is 391 g/mol. The third kappa shape index (κ3) is 3.05. The van der Waals surface area contributed by atoms with E-state index in [1.807, 2.05) is 0 Å². The first-order chi connectivity index (χ1) is 9.19. The molecule has 1 aromatic rings. The molecule has 0 radical (unpaired) electrons. The van der Waals surface area contributed by atoms with Crippen LogP contribution in [0.15, 0.2) is 24.3 Å². The molecule has 1 aliphatic rings. The van der Waals surface area contributed by atoms with E-state index in [9.17, 15) is 9.59 Å².